The lowest BCUT2D eigenvalue weighted by molar-refractivity contribution is -0.0492. The van der Waals surface area contributed by atoms with E-state index in [9.17, 15) is 21.6 Å². The molecule has 3 rings (SSSR count). The molecule has 1 saturated carbocycles. The average molecular weight is 362 g/mol. The maximum Gasteiger partial charge on any atom is 0.511 e. The van der Waals surface area contributed by atoms with Crippen molar-refractivity contribution in [3.63, 3.8) is 0 Å². The van der Waals surface area contributed by atoms with Crippen LogP contribution in [0.25, 0.3) is 0 Å². The maximum atomic E-state index is 13.0. The number of sulfonamides is 1. The van der Waals surface area contributed by atoms with Gasteiger partial charge in [0.2, 0.25) is 0 Å². The molecule has 1 unspecified atom stereocenters. The molecule has 24 heavy (non-hydrogen) atoms. The molecule has 0 bridgehead atoms. The molecular formula is C16H21F3N2O2S. The van der Waals surface area contributed by atoms with Crippen molar-refractivity contribution in [3.8, 4) is 0 Å². The standard InChI is InChI=1S/C16H21F3N2O2S/c1-11-3-2-4-15-14(11)10-21(24(22,23)16(17,18)19)9-13(20-15)8-7-12-5-6-12/h2-4,12-13,20H,5-10H2,1H3. The number of aryl methyl sites for hydroxylation is 1. The summed E-state index contributed by atoms with van der Waals surface area (Å²) in [7, 11) is -5.34. The van der Waals surface area contributed by atoms with E-state index in [1.54, 1.807) is 19.1 Å². The van der Waals surface area contributed by atoms with Crippen LogP contribution in [0.5, 0.6) is 0 Å². The van der Waals surface area contributed by atoms with Gasteiger partial charge < -0.3 is 5.32 Å². The molecule has 1 aliphatic carbocycles. The molecule has 1 atom stereocenters. The van der Waals surface area contributed by atoms with E-state index < -0.39 is 15.5 Å². The summed E-state index contributed by atoms with van der Waals surface area (Å²) in [6.45, 7) is 1.36. The molecule has 8 heteroatoms. The summed E-state index contributed by atoms with van der Waals surface area (Å²) in [5.41, 5.74) is -3.15. The van der Waals surface area contributed by atoms with Crippen molar-refractivity contribution in [2.45, 2.75) is 50.7 Å². The van der Waals surface area contributed by atoms with Gasteiger partial charge in [-0.05, 0) is 42.9 Å². The Hall–Kier alpha value is -1.28. The highest BCUT2D eigenvalue weighted by Crippen LogP contribution is 2.36. The quantitative estimate of drug-likeness (QED) is 0.890. The van der Waals surface area contributed by atoms with Crippen LogP contribution in [0.2, 0.25) is 0 Å². The van der Waals surface area contributed by atoms with E-state index in [4.69, 9.17) is 0 Å². The first-order chi connectivity index (χ1) is 11.2. The second-order valence-corrected chi connectivity index (χ2v) is 8.64. The number of fused-ring (bicyclic) bond motifs is 1. The van der Waals surface area contributed by atoms with Gasteiger partial charge in [0.15, 0.2) is 0 Å². The second-order valence-electron chi connectivity index (χ2n) is 6.71. The van der Waals surface area contributed by atoms with Gasteiger partial charge in [0.25, 0.3) is 0 Å². The van der Waals surface area contributed by atoms with Crippen LogP contribution in [-0.4, -0.2) is 30.8 Å². The molecule has 1 aliphatic heterocycles. The molecule has 0 amide bonds. The zero-order chi connectivity index (χ0) is 17.5. The predicted octanol–water partition coefficient (Wildman–Crippen LogP) is 3.63. The van der Waals surface area contributed by atoms with E-state index in [2.05, 4.69) is 5.32 Å². The molecule has 134 valence electrons. The molecule has 2 aliphatic rings. The first kappa shape index (κ1) is 17.5. The van der Waals surface area contributed by atoms with Gasteiger partial charge in [0, 0.05) is 24.8 Å². The first-order valence-electron chi connectivity index (χ1n) is 8.10. The van der Waals surface area contributed by atoms with Gasteiger partial charge in [-0.1, -0.05) is 25.0 Å². The summed E-state index contributed by atoms with van der Waals surface area (Å²) < 4.78 is 63.6. The van der Waals surface area contributed by atoms with E-state index >= 15 is 0 Å². The van der Waals surface area contributed by atoms with Crippen LogP contribution in [0, 0.1) is 12.8 Å². The number of anilines is 1. The summed E-state index contributed by atoms with van der Waals surface area (Å²) in [5, 5.41) is 3.26. The highest BCUT2D eigenvalue weighted by Gasteiger charge is 2.50. The highest BCUT2D eigenvalue weighted by atomic mass is 32.2. The minimum Gasteiger partial charge on any atom is -0.381 e. The van der Waals surface area contributed by atoms with Crippen molar-refractivity contribution in [1.29, 1.82) is 0 Å². The fourth-order valence-corrected chi connectivity index (χ4v) is 4.10. The van der Waals surface area contributed by atoms with Crippen LogP contribution in [0.1, 0.15) is 36.8 Å². The lowest BCUT2D eigenvalue weighted by atomic mass is 10.1. The van der Waals surface area contributed by atoms with Gasteiger partial charge in [0.1, 0.15) is 0 Å². The van der Waals surface area contributed by atoms with Crippen molar-refractivity contribution in [3.05, 3.63) is 29.3 Å². The third-order valence-electron chi connectivity index (χ3n) is 4.78. The maximum absolute atomic E-state index is 13.0. The van der Waals surface area contributed by atoms with Gasteiger partial charge in [-0.3, -0.25) is 0 Å². The van der Waals surface area contributed by atoms with Gasteiger partial charge in [-0.2, -0.15) is 17.5 Å². The minimum absolute atomic E-state index is 0.164. The highest BCUT2D eigenvalue weighted by molar-refractivity contribution is 7.89. The van der Waals surface area contributed by atoms with Gasteiger partial charge in [0.05, 0.1) is 0 Å². The van der Waals surface area contributed by atoms with Crippen molar-refractivity contribution in [1.82, 2.24) is 4.31 Å². The summed E-state index contributed by atoms with van der Waals surface area (Å²) in [6, 6.07) is 5.10. The smallest absolute Gasteiger partial charge is 0.381 e. The Morgan fingerprint density at radius 2 is 1.96 bits per heavy atom. The lowest BCUT2D eigenvalue weighted by Crippen LogP contribution is -2.44. The van der Waals surface area contributed by atoms with Gasteiger partial charge >= 0.3 is 15.5 Å². The number of hydrogen-bond acceptors (Lipinski definition) is 3. The number of benzene rings is 1. The molecule has 0 spiro atoms. The van der Waals surface area contributed by atoms with Crippen LogP contribution in [0.15, 0.2) is 18.2 Å². The Labute approximate surface area is 140 Å². The zero-order valence-electron chi connectivity index (χ0n) is 13.4. The van der Waals surface area contributed by atoms with Crippen LogP contribution in [0.4, 0.5) is 18.9 Å². The first-order valence-corrected chi connectivity index (χ1v) is 9.54. The third kappa shape index (κ3) is 3.54. The Kier molecular flexibility index (Phi) is 4.55. The normalized spacial score (nSPS) is 22.6. The molecule has 4 nitrogen and oxygen atoms in total. The number of hydrogen-bond donors (Lipinski definition) is 1. The van der Waals surface area contributed by atoms with E-state index in [-0.39, 0.29) is 19.1 Å². The van der Waals surface area contributed by atoms with Crippen LogP contribution < -0.4 is 5.32 Å². The minimum atomic E-state index is -5.34. The fraction of sp³-hybridized carbons (Fsp3) is 0.625. The average Bonchev–Trinajstić information content (AvgIpc) is 3.30. The molecule has 0 radical (unpaired) electrons. The Morgan fingerprint density at radius 3 is 2.58 bits per heavy atom. The molecule has 1 fully saturated rings. The zero-order valence-corrected chi connectivity index (χ0v) is 14.3. The number of nitrogens with one attached hydrogen (secondary N) is 1. The monoisotopic (exact) mass is 362 g/mol. The van der Waals surface area contributed by atoms with Crippen LogP contribution >= 0.6 is 0 Å². The molecule has 1 heterocycles. The molecule has 1 aromatic rings. The van der Waals surface area contributed by atoms with Crippen LogP contribution in [-0.2, 0) is 16.6 Å². The van der Waals surface area contributed by atoms with Gasteiger partial charge in [-0.25, -0.2) is 8.42 Å². The molecular weight excluding hydrogens is 341 g/mol. The molecule has 1 N–H and O–H groups in total. The summed E-state index contributed by atoms with van der Waals surface area (Å²) in [5.74, 6) is 0.639. The van der Waals surface area contributed by atoms with Crippen LogP contribution in [0.3, 0.4) is 0 Å². The molecule has 0 aromatic heterocycles. The Balaban J connectivity index is 1.92. The molecule has 1 aromatic carbocycles. The topological polar surface area (TPSA) is 49.4 Å². The number of rotatable bonds is 4. The summed E-state index contributed by atoms with van der Waals surface area (Å²) >= 11 is 0. The van der Waals surface area contributed by atoms with Crippen molar-refractivity contribution >= 4 is 15.7 Å². The Morgan fingerprint density at radius 1 is 1.25 bits per heavy atom. The van der Waals surface area contributed by atoms with Crippen molar-refractivity contribution in [2.75, 3.05) is 11.9 Å². The summed E-state index contributed by atoms with van der Waals surface area (Å²) in [6.07, 6.45) is 3.90. The Bertz CT molecular complexity index is 715. The van der Waals surface area contributed by atoms with Crippen molar-refractivity contribution < 1.29 is 21.6 Å². The second kappa shape index (κ2) is 6.22. The van der Waals surface area contributed by atoms with E-state index in [1.165, 1.54) is 0 Å². The number of nitrogens with zero attached hydrogens (tertiary/aromatic N) is 1. The van der Waals surface area contributed by atoms with Gasteiger partial charge in [-0.15, -0.1) is 0 Å². The lowest BCUT2D eigenvalue weighted by Gasteiger charge is -2.25. The fourth-order valence-electron chi connectivity index (χ4n) is 3.14. The summed E-state index contributed by atoms with van der Waals surface area (Å²) in [4.78, 5) is 0. The van der Waals surface area contributed by atoms with E-state index in [0.29, 0.717) is 22.2 Å². The molecule has 0 saturated heterocycles. The van der Waals surface area contributed by atoms with Crippen molar-refractivity contribution in [2.24, 2.45) is 5.92 Å². The van der Waals surface area contributed by atoms with E-state index in [1.807, 2.05) is 6.07 Å². The predicted molar refractivity (Wildman–Crippen MR) is 85.9 cm³/mol. The third-order valence-corrected chi connectivity index (χ3v) is 6.32. The number of halogens is 3. The van der Waals surface area contributed by atoms with E-state index in [0.717, 1.165) is 30.5 Å². The largest absolute Gasteiger partial charge is 0.511 e. The SMILES string of the molecule is Cc1cccc2c1CN(S(=O)(=O)C(F)(F)F)CC(CCC1CC1)N2. The number of alkyl halides is 3.